The van der Waals surface area contributed by atoms with E-state index in [4.69, 9.17) is 11.6 Å². The minimum absolute atomic E-state index is 0.160. The second-order valence-electron chi connectivity index (χ2n) is 5.18. The average Bonchev–Trinajstić information content (AvgIpc) is 2.43. The summed E-state index contributed by atoms with van der Waals surface area (Å²) in [5.41, 5.74) is 4.30. The Balaban J connectivity index is 2.10. The molecule has 1 nitrogen and oxygen atoms in total. The molecule has 1 N–H and O–H groups in total. The first-order valence-corrected chi connectivity index (χ1v) is 7.10. The number of aryl methyl sites for hydroxylation is 2. The first-order chi connectivity index (χ1) is 9.49. The van der Waals surface area contributed by atoms with Crippen LogP contribution in [-0.2, 0) is 6.54 Å². The van der Waals surface area contributed by atoms with Gasteiger partial charge in [-0.05, 0) is 38.0 Å². The van der Waals surface area contributed by atoms with Crippen molar-refractivity contribution in [2.45, 2.75) is 33.4 Å². The van der Waals surface area contributed by atoms with Crippen LogP contribution < -0.4 is 5.32 Å². The summed E-state index contributed by atoms with van der Waals surface area (Å²) in [6.45, 7) is 6.71. The van der Waals surface area contributed by atoms with Crippen LogP contribution in [0, 0.1) is 19.7 Å². The minimum Gasteiger partial charge on any atom is -0.306 e. The largest absolute Gasteiger partial charge is 0.306 e. The van der Waals surface area contributed by atoms with E-state index in [0.29, 0.717) is 12.1 Å². The van der Waals surface area contributed by atoms with E-state index in [-0.39, 0.29) is 16.9 Å². The molecule has 3 heteroatoms. The maximum atomic E-state index is 13.8. The smallest absolute Gasteiger partial charge is 0.146 e. The van der Waals surface area contributed by atoms with Crippen molar-refractivity contribution >= 4 is 11.6 Å². The molecule has 0 amide bonds. The lowest BCUT2D eigenvalue weighted by molar-refractivity contribution is 0.543. The van der Waals surface area contributed by atoms with Crippen LogP contribution in [0.15, 0.2) is 36.4 Å². The number of nitrogens with one attached hydrogen (secondary N) is 1. The summed E-state index contributed by atoms with van der Waals surface area (Å²) in [5, 5.41) is 3.52. The molecule has 0 spiro atoms. The Labute approximate surface area is 124 Å². The molecule has 106 valence electrons. The number of benzene rings is 2. The quantitative estimate of drug-likeness (QED) is 0.841. The van der Waals surface area contributed by atoms with Crippen molar-refractivity contribution in [3.63, 3.8) is 0 Å². The molecule has 0 saturated carbocycles. The molecule has 1 atom stereocenters. The third-order valence-corrected chi connectivity index (χ3v) is 3.82. The topological polar surface area (TPSA) is 12.0 Å². The van der Waals surface area contributed by atoms with Gasteiger partial charge >= 0.3 is 0 Å². The summed E-state index contributed by atoms with van der Waals surface area (Å²) in [6, 6.07) is 11.6. The van der Waals surface area contributed by atoms with Crippen molar-refractivity contribution in [1.29, 1.82) is 0 Å². The molecule has 0 bridgehead atoms. The van der Waals surface area contributed by atoms with Crippen molar-refractivity contribution in [3.8, 4) is 0 Å². The van der Waals surface area contributed by atoms with Gasteiger partial charge < -0.3 is 5.32 Å². The van der Waals surface area contributed by atoms with Gasteiger partial charge in [0.05, 0.1) is 5.02 Å². The summed E-state index contributed by atoms with van der Waals surface area (Å²) in [7, 11) is 0. The Kier molecular flexibility index (Phi) is 4.79. The summed E-state index contributed by atoms with van der Waals surface area (Å²) >= 11 is 5.79. The van der Waals surface area contributed by atoms with Crippen LogP contribution >= 0.6 is 11.6 Å². The van der Waals surface area contributed by atoms with E-state index >= 15 is 0 Å². The van der Waals surface area contributed by atoms with Gasteiger partial charge in [0.25, 0.3) is 0 Å². The Hall–Kier alpha value is -1.38. The molecule has 0 aliphatic rings. The van der Waals surface area contributed by atoms with Gasteiger partial charge in [-0.3, -0.25) is 0 Å². The highest BCUT2D eigenvalue weighted by molar-refractivity contribution is 6.30. The molecule has 0 aliphatic heterocycles. The van der Waals surface area contributed by atoms with E-state index in [1.807, 2.05) is 0 Å². The summed E-state index contributed by atoms with van der Waals surface area (Å²) in [6.07, 6.45) is 0. The highest BCUT2D eigenvalue weighted by atomic mass is 35.5. The predicted octanol–water partition coefficient (Wildman–Crippen LogP) is 4.95. The van der Waals surface area contributed by atoms with E-state index in [1.54, 1.807) is 18.2 Å². The third kappa shape index (κ3) is 3.38. The molecule has 0 heterocycles. The first-order valence-electron chi connectivity index (χ1n) is 6.72. The van der Waals surface area contributed by atoms with Gasteiger partial charge in [0.15, 0.2) is 0 Å². The SMILES string of the molecule is Cc1ccc(C)c(C(C)NCc2cccc(Cl)c2F)c1. The molecule has 2 aromatic carbocycles. The number of halogens is 2. The fourth-order valence-electron chi connectivity index (χ4n) is 2.28. The van der Waals surface area contributed by atoms with Crippen molar-refractivity contribution < 1.29 is 4.39 Å². The van der Waals surface area contributed by atoms with Crippen molar-refractivity contribution in [3.05, 3.63) is 69.5 Å². The van der Waals surface area contributed by atoms with Crippen LogP contribution in [0.2, 0.25) is 5.02 Å². The van der Waals surface area contributed by atoms with Crippen LogP contribution in [-0.4, -0.2) is 0 Å². The van der Waals surface area contributed by atoms with E-state index in [9.17, 15) is 4.39 Å². The fraction of sp³-hybridized carbons (Fsp3) is 0.294. The summed E-state index contributed by atoms with van der Waals surface area (Å²) < 4.78 is 13.8. The normalized spacial score (nSPS) is 12.4. The molecular formula is C17H19ClFN. The van der Waals surface area contributed by atoms with Gasteiger partial charge in [-0.2, -0.15) is 0 Å². The van der Waals surface area contributed by atoms with Crippen molar-refractivity contribution in [2.75, 3.05) is 0 Å². The molecular weight excluding hydrogens is 273 g/mol. The average molecular weight is 292 g/mol. The first kappa shape index (κ1) is 15.0. The molecule has 0 aromatic heterocycles. The molecule has 0 fully saturated rings. The number of hydrogen-bond donors (Lipinski definition) is 1. The van der Waals surface area contributed by atoms with Crippen molar-refractivity contribution in [2.24, 2.45) is 0 Å². The molecule has 20 heavy (non-hydrogen) atoms. The zero-order valence-corrected chi connectivity index (χ0v) is 12.8. The minimum atomic E-state index is -0.338. The Morgan fingerprint density at radius 3 is 2.70 bits per heavy atom. The Bertz CT molecular complexity index is 610. The van der Waals surface area contributed by atoms with Gasteiger partial charge in [0.1, 0.15) is 5.82 Å². The number of hydrogen-bond acceptors (Lipinski definition) is 1. The van der Waals surface area contributed by atoms with Gasteiger partial charge in [0.2, 0.25) is 0 Å². The van der Waals surface area contributed by atoms with Gasteiger partial charge in [0, 0.05) is 18.2 Å². The predicted molar refractivity (Wildman–Crippen MR) is 82.6 cm³/mol. The molecule has 2 aromatic rings. The van der Waals surface area contributed by atoms with E-state index < -0.39 is 0 Å². The van der Waals surface area contributed by atoms with Crippen molar-refractivity contribution in [1.82, 2.24) is 5.32 Å². The Morgan fingerprint density at radius 1 is 1.20 bits per heavy atom. The maximum Gasteiger partial charge on any atom is 0.146 e. The summed E-state index contributed by atoms with van der Waals surface area (Å²) in [4.78, 5) is 0. The van der Waals surface area contributed by atoms with Gasteiger partial charge in [-0.15, -0.1) is 0 Å². The molecule has 0 aliphatic carbocycles. The third-order valence-electron chi connectivity index (χ3n) is 3.53. The highest BCUT2D eigenvalue weighted by Crippen LogP contribution is 2.21. The van der Waals surface area contributed by atoms with Crippen LogP contribution in [0.4, 0.5) is 4.39 Å². The molecule has 0 radical (unpaired) electrons. The lowest BCUT2D eigenvalue weighted by Gasteiger charge is -2.17. The van der Waals surface area contributed by atoms with E-state index in [0.717, 1.165) is 0 Å². The van der Waals surface area contributed by atoms with Gasteiger partial charge in [-0.25, -0.2) is 4.39 Å². The highest BCUT2D eigenvalue weighted by Gasteiger charge is 2.11. The monoisotopic (exact) mass is 291 g/mol. The van der Waals surface area contributed by atoms with Crippen LogP contribution in [0.3, 0.4) is 0 Å². The van der Waals surface area contributed by atoms with Crippen LogP contribution in [0.25, 0.3) is 0 Å². The lowest BCUT2D eigenvalue weighted by atomic mass is 10.00. The number of rotatable bonds is 4. The maximum absolute atomic E-state index is 13.8. The standard InChI is InChI=1S/C17H19ClFN/c1-11-7-8-12(2)15(9-11)13(3)20-10-14-5-4-6-16(18)17(14)19/h4-9,13,20H,10H2,1-3H3. The summed E-state index contributed by atoms with van der Waals surface area (Å²) in [5.74, 6) is -0.338. The second kappa shape index (κ2) is 6.38. The zero-order chi connectivity index (χ0) is 14.7. The van der Waals surface area contributed by atoms with Crippen LogP contribution in [0.1, 0.15) is 35.2 Å². The van der Waals surface area contributed by atoms with Gasteiger partial charge in [-0.1, -0.05) is 47.5 Å². The molecule has 1 unspecified atom stereocenters. The van der Waals surface area contributed by atoms with Crippen LogP contribution in [0.5, 0.6) is 0 Å². The molecule has 0 saturated heterocycles. The lowest BCUT2D eigenvalue weighted by Crippen LogP contribution is -2.19. The Morgan fingerprint density at radius 2 is 1.95 bits per heavy atom. The second-order valence-corrected chi connectivity index (χ2v) is 5.58. The van der Waals surface area contributed by atoms with E-state index in [1.165, 1.54) is 16.7 Å². The molecule has 2 rings (SSSR count). The zero-order valence-electron chi connectivity index (χ0n) is 12.0. The fourth-order valence-corrected chi connectivity index (χ4v) is 2.48. The van der Waals surface area contributed by atoms with E-state index in [2.05, 4.69) is 44.3 Å².